The molecule has 92 valence electrons. The summed E-state index contributed by atoms with van der Waals surface area (Å²) in [6.07, 6.45) is 6.27. The molecule has 0 radical (unpaired) electrons. The van der Waals surface area contributed by atoms with E-state index >= 15 is 0 Å². The second-order valence-corrected chi connectivity index (χ2v) is 6.31. The molecule has 2 N–H and O–H groups in total. The zero-order valence-electron chi connectivity index (χ0n) is 9.73. The fraction of sp³-hybridized carbons (Fsp3) is 0.909. The van der Waals surface area contributed by atoms with E-state index < -0.39 is 10.8 Å². The van der Waals surface area contributed by atoms with E-state index in [1.807, 2.05) is 0 Å². The second kappa shape index (κ2) is 5.66. The largest absolute Gasteiger partial charge is 0.370 e. The molecule has 1 saturated carbocycles. The Hall–Kier alpha value is -0.580. The molecule has 1 saturated heterocycles. The Labute approximate surface area is 99.7 Å². The van der Waals surface area contributed by atoms with Crippen LogP contribution in [0.25, 0.3) is 0 Å². The molecular formula is C11H21N3OS. The number of aliphatic imine (C=N–C) groups is 1. The van der Waals surface area contributed by atoms with Crippen molar-refractivity contribution >= 4 is 16.8 Å². The number of rotatable bonds is 1. The van der Waals surface area contributed by atoms with Crippen LogP contribution in [-0.2, 0) is 10.8 Å². The summed E-state index contributed by atoms with van der Waals surface area (Å²) in [6.45, 7) is 1.60. The van der Waals surface area contributed by atoms with Crippen LogP contribution in [0.5, 0.6) is 0 Å². The second-order valence-electron chi connectivity index (χ2n) is 4.61. The van der Waals surface area contributed by atoms with Crippen molar-refractivity contribution in [1.82, 2.24) is 4.90 Å². The predicted molar refractivity (Wildman–Crippen MR) is 67.9 cm³/mol. The van der Waals surface area contributed by atoms with Crippen molar-refractivity contribution in [1.29, 1.82) is 0 Å². The Morgan fingerprint density at radius 2 is 1.81 bits per heavy atom. The minimum Gasteiger partial charge on any atom is -0.370 e. The first-order valence-electron chi connectivity index (χ1n) is 6.19. The average molecular weight is 243 g/mol. The Morgan fingerprint density at radius 1 is 1.19 bits per heavy atom. The molecule has 1 aliphatic carbocycles. The molecule has 0 atom stereocenters. The third-order valence-corrected chi connectivity index (χ3v) is 4.67. The Morgan fingerprint density at radius 3 is 2.44 bits per heavy atom. The van der Waals surface area contributed by atoms with Crippen molar-refractivity contribution < 1.29 is 4.21 Å². The number of guanidine groups is 1. The lowest BCUT2D eigenvalue weighted by molar-refractivity contribution is 0.416. The van der Waals surface area contributed by atoms with Gasteiger partial charge in [0.05, 0.1) is 6.04 Å². The maximum absolute atomic E-state index is 11.2. The first-order valence-corrected chi connectivity index (χ1v) is 7.68. The molecule has 5 heteroatoms. The lowest BCUT2D eigenvalue weighted by Gasteiger charge is -2.28. The van der Waals surface area contributed by atoms with Crippen LogP contribution >= 0.6 is 0 Å². The normalized spacial score (nSPS) is 26.0. The highest BCUT2D eigenvalue weighted by Gasteiger charge is 2.18. The average Bonchev–Trinajstić information content (AvgIpc) is 2.31. The molecule has 2 rings (SSSR count). The molecule has 0 aromatic rings. The van der Waals surface area contributed by atoms with Crippen LogP contribution in [0.15, 0.2) is 4.99 Å². The summed E-state index contributed by atoms with van der Waals surface area (Å²) < 4.78 is 11.2. The van der Waals surface area contributed by atoms with Crippen molar-refractivity contribution in [3.8, 4) is 0 Å². The standard InChI is InChI=1S/C11H21N3OS/c12-11(13-10-4-2-1-3-5-10)14-6-8-16(15)9-7-14/h10H,1-9H2,(H2,12,13). The van der Waals surface area contributed by atoms with Gasteiger partial charge in [-0.1, -0.05) is 19.3 Å². The molecule has 0 amide bonds. The molecule has 0 spiro atoms. The lowest BCUT2D eigenvalue weighted by Crippen LogP contribution is -2.46. The van der Waals surface area contributed by atoms with Gasteiger partial charge in [-0.15, -0.1) is 0 Å². The van der Waals surface area contributed by atoms with Crippen LogP contribution in [-0.4, -0.2) is 45.7 Å². The van der Waals surface area contributed by atoms with E-state index in [2.05, 4.69) is 9.89 Å². The van der Waals surface area contributed by atoms with Crippen LogP contribution in [0.4, 0.5) is 0 Å². The third kappa shape index (κ3) is 3.20. The van der Waals surface area contributed by atoms with Gasteiger partial charge >= 0.3 is 0 Å². The molecule has 2 fully saturated rings. The van der Waals surface area contributed by atoms with Crippen molar-refractivity contribution in [2.45, 2.75) is 38.1 Å². The zero-order chi connectivity index (χ0) is 11.4. The molecule has 16 heavy (non-hydrogen) atoms. The monoisotopic (exact) mass is 243 g/mol. The lowest BCUT2D eigenvalue weighted by atomic mass is 9.96. The third-order valence-electron chi connectivity index (χ3n) is 3.39. The van der Waals surface area contributed by atoms with Gasteiger partial charge in [0.2, 0.25) is 0 Å². The van der Waals surface area contributed by atoms with Gasteiger partial charge in [-0.05, 0) is 12.8 Å². The van der Waals surface area contributed by atoms with Crippen molar-refractivity contribution in [3.05, 3.63) is 0 Å². The highest BCUT2D eigenvalue weighted by molar-refractivity contribution is 7.85. The maximum Gasteiger partial charge on any atom is 0.191 e. The molecule has 4 nitrogen and oxygen atoms in total. The first-order chi connectivity index (χ1) is 7.75. The molecule has 0 unspecified atom stereocenters. The fourth-order valence-corrected chi connectivity index (χ4v) is 3.40. The van der Waals surface area contributed by atoms with E-state index in [-0.39, 0.29) is 0 Å². The van der Waals surface area contributed by atoms with Crippen LogP contribution in [0.1, 0.15) is 32.1 Å². The van der Waals surface area contributed by atoms with Crippen molar-refractivity contribution in [2.24, 2.45) is 10.7 Å². The predicted octanol–water partition coefficient (Wildman–Crippen LogP) is 0.698. The summed E-state index contributed by atoms with van der Waals surface area (Å²) in [5, 5.41) is 0. The molecule has 2 aliphatic rings. The van der Waals surface area contributed by atoms with E-state index in [0.29, 0.717) is 12.0 Å². The van der Waals surface area contributed by atoms with Gasteiger partial charge in [-0.25, -0.2) is 4.99 Å². The topological polar surface area (TPSA) is 58.7 Å². The van der Waals surface area contributed by atoms with Crippen LogP contribution in [0.2, 0.25) is 0 Å². The van der Waals surface area contributed by atoms with Gasteiger partial charge in [0, 0.05) is 35.4 Å². The highest BCUT2D eigenvalue weighted by Crippen LogP contribution is 2.20. The van der Waals surface area contributed by atoms with Crippen LogP contribution < -0.4 is 5.73 Å². The number of hydrogen-bond donors (Lipinski definition) is 1. The fourth-order valence-electron chi connectivity index (χ4n) is 2.35. The smallest absolute Gasteiger partial charge is 0.191 e. The number of nitrogens with zero attached hydrogens (tertiary/aromatic N) is 2. The van der Waals surface area contributed by atoms with Gasteiger partial charge in [0.15, 0.2) is 5.96 Å². The summed E-state index contributed by atoms with van der Waals surface area (Å²) in [5.41, 5.74) is 6.00. The molecule has 1 heterocycles. The summed E-state index contributed by atoms with van der Waals surface area (Å²) in [7, 11) is -0.636. The van der Waals surface area contributed by atoms with Gasteiger partial charge in [-0.3, -0.25) is 4.21 Å². The van der Waals surface area contributed by atoms with Crippen LogP contribution in [0.3, 0.4) is 0 Å². The van der Waals surface area contributed by atoms with Gasteiger partial charge < -0.3 is 10.6 Å². The maximum atomic E-state index is 11.2. The molecule has 0 bridgehead atoms. The van der Waals surface area contributed by atoms with Crippen molar-refractivity contribution in [2.75, 3.05) is 24.6 Å². The summed E-state index contributed by atoms with van der Waals surface area (Å²) in [6, 6.07) is 0.432. The highest BCUT2D eigenvalue weighted by atomic mass is 32.2. The van der Waals surface area contributed by atoms with Gasteiger partial charge in [-0.2, -0.15) is 0 Å². The molecule has 0 aromatic carbocycles. The summed E-state index contributed by atoms with van der Waals surface area (Å²) >= 11 is 0. The minimum atomic E-state index is -0.636. The minimum absolute atomic E-state index is 0.432. The SMILES string of the molecule is NC(=NC1CCCCC1)N1CCS(=O)CC1. The van der Waals surface area contributed by atoms with Gasteiger partial charge in [0.25, 0.3) is 0 Å². The van der Waals surface area contributed by atoms with E-state index in [9.17, 15) is 4.21 Å². The first kappa shape index (κ1) is 11.9. The molecular weight excluding hydrogens is 222 g/mol. The Kier molecular flexibility index (Phi) is 4.21. The van der Waals surface area contributed by atoms with Gasteiger partial charge in [0.1, 0.15) is 0 Å². The zero-order valence-corrected chi connectivity index (χ0v) is 10.5. The Bertz CT molecular complexity index is 277. The summed E-state index contributed by atoms with van der Waals surface area (Å²) in [4.78, 5) is 6.69. The molecule has 0 aromatic heterocycles. The van der Waals surface area contributed by atoms with E-state index in [4.69, 9.17) is 5.73 Å². The quantitative estimate of drug-likeness (QED) is 0.545. The Balaban J connectivity index is 1.87. The van der Waals surface area contributed by atoms with E-state index in [1.165, 1.54) is 32.1 Å². The number of nitrogens with two attached hydrogens (primary N) is 1. The van der Waals surface area contributed by atoms with E-state index in [1.54, 1.807) is 0 Å². The molecule has 1 aliphatic heterocycles. The summed E-state index contributed by atoms with van der Waals surface area (Å²) in [5.74, 6) is 2.14. The van der Waals surface area contributed by atoms with Crippen molar-refractivity contribution in [3.63, 3.8) is 0 Å². The number of hydrogen-bond acceptors (Lipinski definition) is 2. The van der Waals surface area contributed by atoms with Crippen LogP contribution in [0, 0.1) is 0 Å². The van der Waals surface area contributed by atoms with E-state index in [0.717, 1.165) is 24.6 Å².